The summed E-state index contributed by atoms with van der Waals surface area (Å²) in [4.78, 5) is 14.9. The van der Waals surface area contributed by atoms with Crippen LogP contribution >= 0.6 is 0 Å². The normalized spacial score (nSPS) is 11.1. The fourth-order valence-corrected chi connectivity index (χ4v) is 1.62. The number of rotatable bonds is 4. The molecule has 19 heavy (non-hydrogen) atoms. The maximum atomic E-state index is 11.1. The van der Waals surface area contributed by atoms with Crippen LogP contribution in [0, 0.1) is 10.1 Å². The van der Waals surface area contributed by atoms with Gasteiger partial charge in [-0.1, -0.05) is 24.3 Å². The number of nitrogens with zero attached hydrogens (tertiary/aromatic N) is 2. The van der Waals surface area contributed by atoms with Gasteiger partial charge in [0, 0.05) is 12.1 Å². The first-order valence-electron chi connectivity index (χ1n) is 5.63. The maximum absolute atomic E-state index is 11.1. The lowest BCUT2D eigenvalue weighted by Crippen LogP contribution is -1.98. The zero-order valence-corrected chi connectivity index (χ0v) is 10.3. The van der Waals surface area contributed by atoms with Crippen LogP contribution in [0.15, 0.2) is 48.5 Å². The average Bonchev–Trinajstić information content (AvgIpc) is 2.45. The van der Waals surface area contributed by atoms with E-state index in [4.69, 9.17) is 4.74 Å². The lowest BCUT2D eigenvalue weighted by molar-refractivity contribution is -0.374. The van der Waals surface area contributed by atoms with E-state index in [-0.39, 0.29) is 5.70 Å². The summed E-state index contributed by atoms with van der Waals surface area (Å²) in [5, 5.41) is 11.1. The molecule has 1 aromatic heterocycles. The molecule has 0 N–H and O–H groups in total. The van der Waals surface area contributed by atoms with Crippen molar-refractivity contribution in [3.05, 3.63) is 69.9 Å². The van der Waals surface area contributed by atoms with E-state index < -0.39 is 4.92 Å². The first-order chi connectivity index (χ1) is 9.20. The standard InChI is InChI=1S/C14H12N2O3/c1-19-14-9-5-8-12(15-14)10-13(16(17)18)11-6-3-2-4-7-11/h2-10H,1H3/b13-10+. The number of nitro groups is 1. The van der Waals surface area contributed by atoms with Gasteiger partial charge in [-0.2, -0.15) is 0 Å². The van der Waals surface area contributed by atoms with Gasteiger partial charge in [-0.25, -0.2) is 4.98 Å². The van der Waals surface area contributed by atoms with Crippen LogP contribution in [0.4, 0.5) is 0 Å². The zero-order valence-electron chi connectivity index (χ0n) is 10.3. The van der Waals surface area contributed by atoms with Gasteiger partial charge in [0.1, 0.15) is 0 Å². The van der Waals surface area contributed by atoms with E-state index in [9.17, 15) is 10.1 Å². The molecule has 0 aliphatic rings. The van der Waals surface area contributed by atoms with Crippen LogP contribution in [0.3, 0.4) is 0 Å². The van der Waals surface area contributed by atoms with Gasteiger partial charge in [0.25, 0.3) is 5.70 Å². The number of pyridine rings is 1. The first-order valence-corrected chi connectivity index (χ1v) is 5.63. The Labute approximate surface area is 110 Å². The molecule has 0 saturated carbocycles. The van der Waals surface area contributed by atoms with Gasteiger partial charge in [0.2, 0.25) is 5.88 Å². The molecule has 96 valence electrons. The van der Waals surface area contributed by atoms with Crippen molar-refractivity contribution in [2.75, 3.05) is 7.11 Å². The third-order valence-corrected chi connectivity index (χ3v) is 2.51. The van der Waals surface area contributed by atoms with Crippen molar-refractivity contribution in [3.8, 4) is 5.88 Å². The lowest BCUT2D eigenvalue weighted by Gasteiger charge is -2.01. The molecule has 0 aliphatic heterocycles. The molecule has 2 rings (SSSR count). The third kappa shape index (κ3) is 3.16. The van der Waals surface area contributed by atoms with E-state index in [0.717, 1.165) is 0 Å². The molecule has 5 nitrogen and oxygen atoms in total. The SMILES string of the molecule is COc1cccc(/C=C(\c2ccccc2)[N+](=O)[O-])n1. The Bertz CT molecular complexity index is 609. The van der Waals surface area contributed by atoms with Crippen molar-refractivity contribution in [1.29, 1.82) is 0 Å². The predicted octanol–water partition coefficient (Wildman–Crippen LogP) is 2.87. The topological polar surface area (TPSA) is 65.3 Å². The van der Waals surface area contributed by atoms with E-state index in [0.29, 0.717) is 17.1 Å². The molecule has 0 saturated heterocycles. The molecule has 1 aromatic carbocycles. The molecule has 0 amide bonds. The van der Waals surface area contributed by atoms with Crippen molar-refractivity contribution >= 4 is 11.8 Å². The maximum Gasteiger partial charge on any atom is 0.278 e. The highest BCUT2D eigenvalue weighted by Crippen LogP contribution is 2.18. The van der Waals surface area contributed by atoms with Gasteiger partial charge in [-0.3, -0.25) is 10.1 Å². The van der Waals surface area contributed by atoms with Crippen molar-refractivity contribution in [3.63, 3.8) is 0 Å². The molecule has 0 bridgehead atoms. The Morgan fingerprint density at radius 1 is 1.21 bits per heavy atom. The second-order valence-corrected chi connectivity index (χ2v) is 3.76. The first kappa shape index (κ1) is 12.8. The summed E-state index contributed by atoms with van der Waals surface area (Å²) < 4.78 is 4.99. The van der Waals surface area contributed by atoms with Crippen LogP contribution in [0.2, 0.25) is 0 Å². The van der Waals surface area contributed by atoms with E-state index in [1.165, 1.54) is 13.2 Å². The number of methoxy groups -OCH3 is 1. The molecule has 0 spiro atoms. The Balaban J connectivity index is 2.44. The highest BCUT2D eigenvalue weighted by molar-refractivity contribution is 5.75. The lowest BCUT2D eigenvalue weighted by atomic mass is 10.1. The highest BCUT2D eigenvalue weighted by Gasteiger charge is 2.14. The molecule has 2 aromatic rings. The van der Waals surface area contributed by atoms with E-state index in [2.05, 4.69) is 4.98 Å². The number of ether oxygens (including phenoxy) is 1. The van der Waals surface area contributed by atoms with Crippen LogP contribution in [0.1, 0.15) is 11.3 Å². The number of hydrogen-bond donors (Lipinski definition) is 0. The molecular formula is C14H12N2O3. The Morgan fingerprint density at radius 3 is 2.58 bits per heavy atom. The van der Waals surface area contributed by atoms with Crippen LogP contribution < -0.4 is 4.74 Å². The summed E-state index contributed by atoms with van der Waals surface area (Å²) in [6.45, 7) is 0. The molecule has 0 aliphatic carbocycles. The summed E-state index contributed by atoms with van der Waals surface area (Å²) in [6.07, 6.45) is 1.43. The molecular weight excluding hydrogens is 244 g/mol. The molecule has 5 heteroatoms. The van der Waals surface area contributed by atoms with Crippen molar-refractivity contribution < 1.29 is 9.66 Å². The zero-order chi connectivity index (χ0) is 13.7. The van der Waals surface area contributed by atoms with Crippen LogP contribution in [-0.2, 0) is 0 Å². The van der Waals surface area contributed by atoms with Gasteiger partial charge in [-0.15, -0.1) is 0 Å². The van der Waals surface area contributed by atoms with Crippen LogP contribution in [-0.4, -0.2) is 17.0 Å². The second-order valence-electron chi connectivity index (χ2n) is 3.76. The van der Waals surface area contributed by atoms with Crippen LogP contribution in [0.5, 0.6) is 5.88 Å². The van der Waals surface area contributed by atoms with Crippen molar-refractivity contribution in [2.45, 2.75) is 0 Å². The number of hydrogen-bond acceptors (Lipinski definition) is 4. The van der Waals surface area contributed by atoms with Crippen molar-refractivity contribution in [1.82, 2.24) is 4.98 Å². The third-order valence-electron chi connectivity index (χ3n) is 2.51. The second kappa shape index (κ2) is 5.77. The number of aromatic nitrogens is 1. The summed E-state index contributed by atoms with van der Waals surface area (Å²) in [6, 6.07) is 13.8. The summed E-state index contributed by atoms with van der Waals surface area (Å²) in [7, 11) is 1.50. The molecule has 0 radical (unpaired) electrons. The van der Waals surface area contributed by atoms with Crippen molar-refractivity contribution in [2.24, 2.45) is 0 Å². The molecule has 1 heterocycles. The van der Waals surface area contributed by atoms with Gasteiger partial charge < -0.3 is 4.74 Å². The monoisotopic (exact) mass is 256 g/mol. The minimum atomic E-state index is -0.420. The quantitative estimate of drug-likeness (QED) is 0.623. The Morgan fingerprint density at radius 2 is 1.95 bits per heavy atom. The van der Waals surface area contributed by atoms with Gasteiger partial charge in [-0.05, 0) is 18.2 Å². The largest absolute Gasteiger partial charge is 0.481 e. The summed E-state index contributed by atoms with van der Waals surface area (Å²) in [5.41, 5.74) is 1.02. The minimum Gasteiger partial charge on any atom is -0.481 e. The predicted molar refractivity (Wildman–Crippen MR) is 72.1 cm³/mol. The smallest absolute Gasteiger partial charge is 0.278 e. The number of benzene rings is 1. The summed E-state index contributed by atoms with van der Waals surface area (Å²) >= 11 is 0. The highest BCUT2D eigenvalue weighted by atomic mass is 16.6. The van der Waals surface area contributed by atoms with E-state index in [1.54, 1.807) is 42.5 Å². The average molecular weight is 256 g/mol. The molecule has 0 unspecified atom stereocenters. The minimum absolute atomic E-state index is 0.00125. The summed E-state index contributed by atoms with van der Waals surface area (Å²) in [5.74, 6) is 0.421. The Kier molecular flexibility index (Phi) is 3.87. The molecule has 0 fully saturated rings. The van der Waals surface area contributed by atoms with Gasteiger partial charge in [0.15, 0.2) is 0 Å². The van der Waals surface area contributed by atoms with E-state index >= 15 is 0 Å². The fraction of sp³-hybridized carbons (Fsp3) is 0.0714. The molecule has 0 atom stereocenters. The fourth-order valence-electron chi connectivity index (χ4n) is 1.62. The van der Waals surface area contributed by atoms with Gasteiger partial charge >= 0.3 is 0 Å². The van der Waals surface area contributed by atoms with Crippen LogP contribution in [0.25, 0.3) is 11.8 Å². The van der Waals surface area contributed by atoms with Gasteiger partial charge in [0.05, 0.1) is 23.3 Å². The Hall–Kier alpha value is -2.69. The van der Waals surface area contributed by atoms with E-state index in [1.807, 2.05) is 6.07 Å².